The molecule has 0 saturated carbocycles. The molecule has 0 aromatic carbocycles. The Morgan fingerprint density at radius 3 is 1.22 bits per heavy atom. The van der Waals surface area contributed by atoms with Crippen molar-refractivity contribution in [1.29, 1.82) is 0 Å². The molecule has 4 rings (SSSR count). The molecule has 0 unspecified atom stereocenters. The van der Waals surface area contributed by atoms with Gasteiger partial charge in [-0.3, -0.25) is 77.8 Å². The Balaban J connectivity index is 1.45. The highest BCUT2D eigenvalue weighted by molar-refractivity contribution is 6.00. The van der Waals surface area contributed by atoms with Gasteiger partial charge in [0.2, 0.25) is 70.9 Å². The zero-order valence-corrected chi connectivity index (χ0v) is 60.9. The number of carbonyl (C=O) groups excluding carboxylic acids is 13. The highest BCUT2D eigenvalue weighted by atomic mass is 16.4. The van der Waals surface area contributed by atoms with Gasteiger partial charge in [0, 0.05) is 32.6 Å². The second kappa shape index (κ2) is 43.6. The van der Waals surface area contributed by atoms with Gasteiger partial charge in [-0.2, -0.15) is 0 Å². The lowest BCUT2D eigenvalue weighted by Crippen LogP contribution is -2.69. The maximum Gasteiger partial charge on any atom is 0.322 e. The average molecular weight is 1480 g/mol. The van der Waals surface area contributed by atoms with Crippen LogP contribution in [0.2, 0.25) is 0 Å². The molecule has 104 heavy (non-hydrogen) atoms. The number of carbonyl (C=O) groups is 14. The summed E-state index contributed by atoms with van der Waals surface area (Å²) in [5.74, 6) is -12.1. The van der Waals surface area contributed by atoms with Crippen molar-refractivity contribution in [2.45, 2.75) is 242 Å². The molecule has 0 bridgehead atoms. The summed E-state index contributed by atoms with van der Waals surface area (Å²) in [7, 11) is 0. The highest BCUT2D eigenvalue weighted by Gasteiger charge is 2.47. The van der Waals surface area contributed by atoms with Gasteiger partial charge >= 0.3 is 5.97 Å². The molecule has 39 nitrogen and oxygen atoms in total. The number of likely N-dealkylation sites (tertiary alicyclic amines) is 4. The van der Waals surface area contributed by atoms with E-state index in [1.54, 1.807) is 13.8 Å². The first-order valence-corrected chi connectivity index (χ1v) is 36.0. The summed E-state index contributed by atoms with van der Waals surface area (Å²) in [5.41, 5.74) is 26.4. The van der Waals surface area contributed by atoms with Crippen LogP contribution in [0.5, 0.6) is 0 Å². The Labute approximate surface area is 605 Å². The summed E-state index contributed by atoms with van der Waals surface area (Å²) in [5, 5.41) is 79.0. The normalized spacial score (nSPS) is 20.4. The maximum absolute atomic E-state index is 14.6. The van der Waals surface area contributed by atoms with Crippen molar-refractivity contribution >= 4 is 82.8 Å². The minimum atomic E-state index is -1.78. The van der Waals surface area contributed by atoms with Crippen molar-refractivity contribution in [3.63, 3.8) is 0 Å². The third-order valence-electron chi connectivity index (χ3n) is 18.4. The molecule has 14 atom stereocenters. The molecule has 0 radical (unpaired) electrons. The number of aliphatic hydroxyl groups is 4. The lowest BCUT2D eigenvalue weighted by Gasteiger charge is -2.35. The number of carboxylic acids is 1. The largest absolute Gasteiger partial charge is 0.480 e. The van der Waals surface area contributed by atoms with Gasteiger partial charge in [-0.15, -0.1) is 0 Å². The molecule has 4 aliphatic rings. The van der Waals surface area contributed by atoms with E-state index in [0.29, 0.717) is 25.7 Å². The van der Waals surface area contributed by atoms with Crippen LogP contribution in [0.4, 0.5) is 0 Å². The molecule has 39 heteroatoms. The number of aliphatic carboxylic acids is 1. The van der Waals surface area contributed by atoms with Crippen molar-refractivity contribution in [1.82, 2.24) is 78.1 Å². The molecule has 0 aromatic heterocycles. The van der Waals surface area contributed by atoms with Crippen LogP contribution in [-0.2, 0) is 67.1 Å². The van der Waals surface area contributed by atoms with Crippen LogP contribution in [0.3, 0.4) is 0 Å². The van der Waals surface area contributed by atoms with Crippen molar-refractivity contribution in [3.05, 3.63) is 0 Å². The minimum Gasteiger partial charge on any atom is -0.480 e. The lowest BCUT2D eigenvalue weighted by molar-refractivity contribution is -0.406. The number of nitrogens with one attached hydrogen (secondary N) is 11. The van der Waals surface area contributed by atoms with Crippen LogP contribution in [-0.4, -0.2) is 291 Å². The second-order valence-electron chi connectivity index (χ2n) is 28.4. The molecule has 27 N–H and O–H groups in total. The van der Waals surface area contributed by atoms with Gasteiger partial charge in [0.15, 0.2) is 6.04 Å². The predicted molar refractivity (Wildman–Crippen MR) is 372 cm³/mol. The fraction of sp³-hybridized carbons (Fsp3) is 0.785. The maximum atomic E-state index is 14.6. The molecule has 4 saturated heterocycles. The average Bonchev–Trinajstić information content (AvgIpc) is 1.61. The van der Waals surface area contributed by atoms with E-state index in [1.165, 1.54) is 21.6 Å². The first-order valence-electron chi connectivity index (χ1n) is 36.0. The molecule has 0 aliphatic carbocycles. The van der Waals surface area contributed by atoms with Crippen molar-refractivity contribution in [2.24, 2.45) is 40.7 Å². The summed E-state index contributed by atoms with van der Waals surface area (Å²) in [4.78, 5) is 198. The van der Waals surface area contributed by atoms with Crippen LogP contribution in [0.15, 0.2) is 0 Å². The van der Waals surface area contributed by atoms with E-state index in [2.05, 4.69) is 58.9 Å². The number of quaternary nitrogens is 1. The van der Waals surface area contributed by atoms with Crippen molar-refractivity contribution in [2.75, 3.05) is 65.6 Å². The SMILES string of the molecule is CC(C)C[C@H](NC(=O)[C@@H]1CCCN1C(=O)[C@@H]1CCCN1C(=O)[C@@H](NC(=O)[C@@H]1CCCN1C(=O)[C@H](CC(C)C)NC(=O)[C@@H]([NH3+])CC(C)C)[C@@H](C)O)C(=O)N[C@@H](CO)C(=O)N1CCC[C@H]1C(=O)N[C@@H](CO)C(=O)N[C@@H](CCCNC(N)N)C(=O)N[C@@H](CCCNC(N)N)C(=O)N[C@@H](CO)C(=O)NCC(=O)O. The van der Waals surface area contributed by atoms with Gasteiger partial charge in [-0.25, -0.2) is 0 Å². The van der Waals surface area contributed by atoms with Gasteiger partial charge in [0.1, 0.15) is 91.6 Å². The number of hydrogen-bond acceptors (Lipinski definition) is 24. The number of nitrogens with two attached hydrogens (primary N) is 4. The monoisotopic (exact) mass is 1480 g/mol. The van der Waals surface area contributed by atoms with Gasteiger partial charge in [0.05, 0.1) is 25.9 Å². The van der Waals surface area contributed by atoms with Crippen LogP contribution >= 0.6 is 0 Å². The van der Waals surface area contributed by atoms with Crippen LogP contribution in [0.25, 0.3) is 0 Å². The van der Waals surface area contributed by atoms with Gasteiger partial charge < -0.3 is 122 Å². The first-order chi connectivity index (χ1) is 49.0. The quantitative estimate of drug-likeness (QED) is 0.0199. The number of amides is 13. The zero-order valence-electron chi connectivity index (χ0n) is 60.9. The summed E-state index contributed by atoms with van der Waals surface area (Å²) in [6, 6.07) is -17.2. The zero-order chi connectivity index (χ0) is 77.8. The summed E-state index contributed by atoms with van der Waals surface area (Å²) >= 11 is 0. The van der Waals surface area contributed by atoms with Crippen LogP contribution < -0.4 is 87.2 Å². The third-order valence-corrected chi connectivity index (χ3v) is 18.4. The van der Waals surface area contributed by atoms with Gasteiger partial charge in [0.25, 0.3) is 5.91 Å². The Hall–Kier alpha value is -7.86. The summed E-state index contributed by atoms with van der Waals surface area (Å²) < 4.78 is 0. The molecule has 13 amide bonds. The Morgan fingerprint density at radius 2 is 0.779 bits per heavy atom. The van der Waals surface area contributed by atoms with Crippen LogP contribution in [0.1, 0.15) is 145 Å². The number of carboxylic acid groups (broad SMARTS) is 1. The molecule has 4 heterocycles. The Bertz CT molecular complexity index is 2930. The summed E-state index contributed by atoms with van der Waals surface area (Å²) in [6.07, 6.45) is -0.733. The molecule has 4 fully saturated rings. The number of rotatable bonds is 43. The van der Waals surface area contributed by atoms with E-state index >= 15 is 0 Å². The standard InChI is InChI=1S/C65H116N20O19/c1-33(2)26-37(66)51(92)77-41(28-35(5)6)60(101)82-22-11-18-47(82)59(100)81-50(36(7)89)63(104)85-25-13-19-48(85)62(103)84-24-12-17-46(84)57(98)76-40(27-34(3)4)55(96)80-44(32-88)61(102)83-23-10-16-45(83)58(99)79-43(31-87)56(97)75-38(14-8-20-71-64(67)68)53(94)74-39(15-9-21-72-65(69)70)54(95)78-42(30-86)52(93)73-29-49(90)91/h33-48,50,64-65,71-72,86-89H,8-32,66-70H2,1-7H3,(H,73,93)(H,74,94)(H,75,97)(H,76,98)(H,77,92)(H,78,95)(H,79,99)(H,80,96)(H,81,100)(H,90,91)/p+1/t36-,37+,38+,39+,40+,41+,42+,43+,44+,45+,46+,47+,48+,50+/m1/s1. The third kappa shape index (κ3) is 27.2. The molecule has 0 spiro atoms. The fourth-order valence-electron chi connectivity index (χ4n) is 13.1. The molecule has 590 valence electrons. The van der Waals surface area contributed by atoms with Crippen LogP contribution in [0, 0.1) is 17.8 Å². The molecule has 0 aromatic rings. The molecule has 4 aliphatic heterocycles. The van der Waals surface area contributed by atoms with E-state index < -0.39 is 200 Å². The second-order valence-corrected chi connectivity index (χ2v) is 28.4. The van der Waals surface area contributed by atoms with Crippen molar-refractivity contribution < 1.29 is 98.4 Å². The number of aliphatic hydroxyl groups excluding tert-OH is 4. The Kier molecular flexibility index (Phi) is 37.1. The van der Waals surface area contributed by atoms with E-state index in [0.717, 1.165) is 4.90 Å². The first kappa shape index (κ1) is 88.5. The van der Waals surface area contributed by atoms with Crippen molar-refractivity contribution in [3.8, 4) is 0 Å². The van der Waals surface area contributed by atoms with Gasteiger partial charge in [-0.05, 0) is 128 Å². The molecular formula is C65H117N20O19+. The minimum absolute atomic E-state index is 0.00101. The van der Waals surface area contributed by atoms with E-state index in [4.69, 9.17) is 28.0 Å². The van der Waals surface area contributed by atoms with E-state index in [-0.39, 0.29) is 134 Å². The predicted octanol–water partition coefficient (Wildman–Crippen LogP) is -9.72. The smallest absolute Gasteiger partial charge is 0.322 e. The Morgan fingerprint density at radius 1 is 0.423 bits per heavy atom. The van der Waals surface area contributed by atoms with E-state index in [1.807, 2.05) is 33.0 Å². The number of nitrogens with zero attached hydrogens (tertiary/aromatic N) is 4. The van der Waals surface area contributed by atoms with E-state index in [9.17, 15) is 87.5 Å². The van der Waals surface area contributed by atoms with Gasteiger partial charge in [-0.1, -0.05) is 41.5 Å². The molecular weight excluding hydrogens is 1360 g/mol. The fourth-order valence-corrected chi connectivity index (χ4v) is 13.1. The summed E-state index contributed by atoms with van der Waals surface area (Å²) in [6.45, 7) is 9.20. The number of hydrogen-bond donors (Lipinski definition) is 21. The lowest BCUT2D eigenvalue weighted by atomic mass is 10.00. The topological polar surface area (TPSA) is 617 Å². The highest BCUT2D eigenvalue weighted by Crippen LogP contribution is 2.28.